The van der Waals surface area contributed by atoms with Crippen LogP contribution in [0.5, 0.6) is 11.5 Å². The molecule has 0 aliphatic rings. The summed E-state index contributed by atoms with van der Waals surface area (Å²) < 4.78 is 5.15. The normalized spacial score (nSPS) is 12.9. The number of guanidine groups is 1. The molecule has 0 spiro atoms. The molecule has 26 heavy (non-hydrogen) atoms. The molecule has 0 saturated heterocycles. The first-order valence-corrected chi connectivity index (χ1v) is 9.67. The first kappa shape index (κ1) is 22.1. The monoisotopic (exact) mass is 364 g/mol. The summed E-state index contributed by atoms with van der Waals surface area (Å²) in [5, 5.41) is 16.9. The lowest BCUT2D eigenvalue weighted by Crippen LogP contribution is -2.42. The molecule has 0 aromatic heterocycles. The number of aromatic hydroxyl groups is 1. The molecule has 0 bridgehead atoms. The Labute approximate surface area is 158 Å². The minimum Gasteiger partial charge on any atom is -0.504 e. The number of rotatable bonds is 11. The van der Waals surface area contributed by atoms with Gasteiger partial charge in [0, 0.05) is 18.2 Å². The van der Waals surface area contributed by atoms with Crippen molar-refractivity contribution in [1.82, 2.24) is 15.5 Å². The molecule has 0 amide bonds. The first-order chi connectivity index (χ1) is 12.5. The number of phenols is 1. The van der Waals surface area contributed by atoms with Crippen LogP contribution >= 0.6 is 0 Å². The fourth-order valence-corrected chi connectivity index (χ4v) is 2.81. The van der Waals surface area contributed by atoms with Crippen LogP contribution < -0.4 is 15.4 Å². The highest BCUT2D eigenvalue weighted by Crippen LogP contribution is 2.29. The molecular formula is C20H36N4O2. The van der Waals surface area contributed by atoms with Gasteiger partial charge in [-0.25, -0.2) is 4.99 Å². The number of nitrogens with one attached hydrogen (secondary N) is 2. The van der Waals surface area contributed by atoms with Gasteiger partial charge >= 0.3 is 0 Å². The van der Waals surface area contributed by atoms with Crippen molar-refractivity contribution in [2.75, 3.05) is 33.3 Å². The SMILES string of the molecule is CCNC(=NCc1cccc(OC)c1O)NC(C)CCCN(CC)CC. The third kappa shape index (κ3) is 7.52. The molecule has 0 saturated carbocycles. The van der Waals surface area contributed by atoms with Crippen molar-refractivity contribution in [2.45, 2.75) is 53.1 Å². The number of para-hydroxylation sites is 1. The van der Waals surface area contributed by atoms with E-state index in [1.165, 1.54) is 0 Å². The van der Waals surface area contributed by atoms with Gasteiger partial charge in [0.1, 0.15) is 0 Å². The topological polar surface area (TPSA) is 69.1 Å². The smallest absolute Gasteiger partial charge is 0.191 e. The number of hydrogen-bond donors (Lipinski definition) is 3. The average molecular weight is 365 g/mol. The summed E-state index contributed by atoms with van der Waals surface area (Å²) in [5.74, 6) is 1.40. The summed E-state index contributed by atoms with van der Waals surface area (Å²) >= 11 is 0. The summed E-state index contributed by atoms with van der Waals surface area (Å²) in [4.78, 5) is 7.05. The second-order valence-electron chi connectivity index (χ2n) is 6.38. The Morgan fingerprint density at radius 2 is 2.00 bits per heavy atom. The number of nitrogens with zero attached hydrogens (tertiary/aromatic N) is 2. The van der Waals surface area contributed by atoms with E-state index in [-0.39, 0.29) is 5.75 Å². The quantitative estimate of drug-likeness (QED) is 0.416. The number of benzene rings is 1. The van der Waals surface area contributed by atoms with Gasteiger partial charge in [0.15, 0.2) is 17.5 Å². The van der Waals surface area contributed by atoms with Crippen LogP contribution in [0.25, 0.3) is 0 Å². The van der Waals surface area contributed by atoms with E-state index in [0.29, 0.717) is 18.3 Å². The molecule has 0 radical (unpaired) electrons. The Bertz CT molecular complexity index is 545. The van der Waals surface area contributed by atoms with Crippen molar-refractivity contribution in [3.8, 4) is 11.5 Å². The third-order valence-corrected chi connectivity index (χ3v) is 4.44. The van der Waals surface area contributed by atoms with Gasteiger partial charge in [-0.05, 0) is 52.4 Å². The Hall–Kier alpha value is -1.95. The van der Waals surface area contributed by atoms with Crippen LogP contribution in [0, 0.1) is 0 Å². The molecule has 0 aliphatic carbocycles. The molecule has 0 heterocycles. The number of methoxy groups -OCH3 is 1. The van der Waals surface area contributed by atoms with Gasteiger partial charge in [0.25, 0.3) is 0 Å². The average Bonchev–Trinajstić information content (AvgIpc) is 2.64. The first-order valence-electron chi connectivity index (χ1n) is 9.67. The van der Waals surface area contributed by atoms with Crippen molar-refractivity contribution < 1.29 is 9.84 Å². The van der Waals surface area contributed by atoms with Crippen LogP contribution in [0.4, 0.5) is 0 Å². The standard InChI is InChI=1S/C20H36N4O2/c1-6-21-20(23-16(4)11-10-14-24(7-2)8-3)22-15-17-12-9-13-18(26-5)19(17)25/h9,12-13,16,25H,6-8,10-11,14-15H2,1-5H3,(H2,21,22,23). The number of phenolic OH excluding ortho intramolecular Hbond substituents is 1. The van der Waals surface area contributed by atoms with Gasteiger partial charge in [0.05, 0.1) is 13.7 Å². The zero-order valence-corrected chi connectivity index (χ0v) is 17.0. The summed E-state index contributed by atoms with van der Waals surface area (Å²) in [6, 6.07) is 5.80. The minimum atomic E-state index is 0.155. The molecule has 1 rings (SSSR count). The van der Waals surface area contributed by atoms with E-state index in [1.807, 2.05) is 19.1 Å². The Morgan fingerprint density at radius 1 is 1.27 bits per heavy atom. The molecule has 1 aromatic rings. The van der Waals surface area contributed by atoms with Crippen molar-refractivity contribution in [1.29, 1.82) is 0 Å². The van der Waals surface area contributed by atoms with Crippen molar-refractivity contribution in [3.63, 3.8) is 0 Å². The van der Waals surface area contributed by atoms with Gasteiger partial charge in [-0.1, -0.05) is 26.0 Å². The maximum Gasteiger partial charge on any atom is 0.191 e. The predicted octanol–water partition coefficient (Wildman–Crippen LogP) is 2.97. The summed E-state index contributed by atoms with van der Waals surface area (Å²) in [5.41, 5.74) is 0.746. The number of ether oxygens (including phenoxy) is 1. The van der Waals surface area contributed by atoms with E-state index in [9.17, 15) is 5.11 Å². The van der Waals surface area contributed by atoms with Crippen LogP contribution in [0.2, 0.25) is 0 Å². The van der Waals surface area contributed by atoms with Gasteiger partial charge < -0.3 is 25.4 Å². The van der Waals surface area contributed by atoms with Crippen LogP contribution in [-0.2, 0) is 6.54 Å². The molecule has 6 nitrogen and oxygen atoms in total. The molecular weight excluding hydrogens is 328 g/mol. The summed E-state index contributed by atoms with van der Waals surface area (Å²) in [6.45, 7) is 13.2. The highest BCUT2D eigenvalue weighted by Gasteiger charge is 2.09. The second kappa shape index (κ2) is 12.4. The lowest BCUT2D eigenvalue weighted by atomic mass is 10.1. The molecule has 1 aromatic carbocycles. The molecule has 1 atom stereocenters. The van der Waals surface area contributed by atoms with Gasteiger partial charge in [-0.2, -0.15) is 0 Å². The second-order valence-corrected chi connectivity index (χ2v) is 6.38. The largest absolute Gasteiger partial charge is 0.504 e. The highest BCUT2D eigenvalue weighted by atomic mass is 16.5. The van der Waals surface area contributed by atoms with Crippen LogP contribution in [0.15, 0.2) is 23.2 Å². The summed E-state index contributed by atoms with van der Waals surface area (Å²) in [7, 11) is 1.55. The Morgan fingerprint density at radius 3 is 2.62 bits per heavy atom. The molecule has 0 aliphatic heterocycles. The predicted molar refractivity (Wildman–Crippen MR) is 109 cm³/mol. The van der Waals surface area contributed by atoms with Crippen molar-refractivity contribution in [2.24, 2.45) is 4.99 Å². The van der Waals surface area contributed by atoms with E-state index >= 15 is 0 Å². The Balaban J connectivity index is 2.60. The maximum atomic E-state index is 10.2. The van der Waals surface area contributed by atoms with Crippen molar-refractivity contribution >= 4 is 5.96 Å². The summed E-state index contributed by atoms with van der Waals surface area (Å²) in [6.07, 6.45) is 2.25. The fourth-order valence-electron chi connectivity index (χ4n) is 2.81. The van der Waals surface area contributed by atoms with E-state index < -0.39 is 0 Å². The molecule has 6 heteroatoms. The van der Waals surface area contributed by atoms with E-state index in [2.05, 4.69) is 41.3 Å². The maximum absolute atomic E-state index is 10.2. The fraction of sp³-hybridized carbons (Fsp3) is 0.650. The Kier molecular flexibility index (Phi) is 10.5. The van der Waals surface area contributed by atoms with E-state index in [1.54, 1.807) is 13.2 Å². The molecule has 1 unspecified atom stereocenters. The van der Waals surface area contributed by atoms with Crippen LogP contribution in [0.3, 0.4) is 0 Å². The zero-order valence-electron chi connectivity index (χ0n) is 17.0. The van der Waals surface area contributed by atoms with Crippen LogP contribution in [-0.4, -0.2) is 55.3 Å². The van der Waals surface area contributed by atoms with E-state index in [0.717, 1.165) is 50.5 Å². The molecule has 0 fully saturated rings. The van der Waals surface area contributed by atoms with Gasteiger partial charge in [0.2, 0.25) is 0 Å². The van der Waals surface area contributed by atoms with E-state index in [4.69, 9.17) is 4.74 Å². The van der Waals surface area contributed by atoms with Gasteiger partial charge in [-0.3, -0.25) is 0 Å². The number of aliphatic imine (C=N–C) groups is 1. The third-order valence-electron chi connectivity index (χ3n) is 4.44. The molecule has 3 N–H and O–H groups in total. The van der Waals surface area contributed by atoms with Crippen molar-refractivity contribution in [3.05, 3.63) is 23.8 Å². The van der Waals surface area contributed by atoms with Gasteiger partial charge in [-0.15, -0.1) is 0 Å². The molecule has 148 valence electrons. The lowest BCUT2D eigenvalue weighted by Gasteiger charge is -2.21. The minimum absolute atomic E-state index is 0.155. The zero-order chi connectivity index (χ0) is 19.4. The van der Waals surface area contributed by atoms with Crippen LogP contribution in [0.1, 0.15) is 46.1 Å². The lowest BCUT2D eigenvalue weighted by molar-refractivity contribution is 0.292. The number of hydrogen-bond acceptors (Lipinski definition) is 4. The highest BCUT2D eigenvalue weighted by molar-refractivity contribution is 5.80.